The molecule has 0 atom stereocenters. The second kappa shape index (κ2) is 8.36. The number of nitrogens with zero attached hydrogens (tertiary/aromatic N) is 3. The van der Waals surface area contributed by atoms with E-state index in [0.717, 1.165) is 33.2 Å². The van der Waals surface area contributed by atoms with Gasteiger partial charge in [0, 0.05) is 18.7 Å². The Bertz CT molecular complexity index is 1310. The summed E-state index contributed by atoms with van der Waals surface area (Å²) in [7, 11) is 0. The fourth-order valence-electron chi connectivity index (χ4n) is 3.74. The molecule has 5 rings (SSSR count). The standard InChI is InChI=1S/C27H21N3O/c31-27(22-15-16-25-26(17-22)29-24-14-8-7-13-23(24)28-25)30(18-20-9-3-1-4-10-20)19-21-11-5-2-6-12-21/h1-17H,18-19H2. The van der Waals surface area contributed by atoms with Crippen molar-refractivity contribution in [3.8, 4) is 0 Å². The first kappa shape index (κ1) is 18.9. The lowest BCUT2D eigenvalue weighted by molar-refractivity contribution is 0.0730. The van der Waals surface area contributed by atoms with Crippen molar-refractivity contribution in [2.75, 3.05) is 0 Å². The topological polar surface area (TPSA) is 46.1 Å². The molecule has 0 saturated carbocycles. The summed E-state index contributed by atoms with van der Waals surface area (Å²) in [5.74, 6) is -0.0236. The zero-order chi connectivity index (χ0) is 21.0. The molecule has 4 aromatic carbocycles. The van der Waals surface area contributed by atoms with Crippen LogP contribution in [-0.2, 0) is 13.1 Å². The van der Waals surface area contributed by atoms with E-state index >= 15 is 0 Å². The number of fused-ring (bicyclic) bond motifs is 2. The summed E-state index contributed by atoms with van der Waals surface area (Å²) in [5.41, 5.74) is 5.99. The third-order valence-corrected chi connectivity index (χ3v) is 5.31. The molecule has 0 aliphatic heterocycles. The lowest BCUT2D eigenvalue weighted by Crippen LogP contribution is -2.30. The minimum Gasteiger partial charge on any atom is -0.330 e. The van der Waals surface area contributed by atoms with E-state index in [1.165, 1.54) is 0 Å². The molecule has 0 unspecified atom stereocenters. The van der Waals surface area contributed by atoms with Gasteiger partial charge in [-0.1, -0.05) is 72.8 Å². The number of benzene rings is 4. The summed E-state index contributed by atoms with van der Waals surface area (Å²) in [4.78, 5) is 24.8. The molecule has 150 valence electrons. The number of hydrogen-bond donors (Lipinski definition) is 0. The summed E-state index contributed by atoms with van der Waals surface area (Å²) < 4.78 is 0. The Morgan fingerprint density at radius 3 is 1.65 bits per heavy atom. The van der Waals surface area contributed by atoms with Crippen LogP contribution in [0.25, 0.3) is 22.1 Å². The summed E-state index contributed by atoms with van der Waals surface area (Å²) in [6, 6.07) is 33.5. The van der Waals surface area contributed by atoms with Crippen LogP contribution < -0.4 is 0 Å². The third kappa shape index (κ3) is 4.14. The van der Waals surface area contributed by atoms with Crippen molar-refractivity contribution in [2.24, 2.45) is 0 Å². The van der Waals surface area contributed by atoms with E-state index in [1.54, 1.807) is 0 Å². The Labute approximate surface area is 180 Å². The summed E-state index contributed by atoms with van der Waals surface area (Å²) in [6.45, 7) is 1.08. The molecule has 31 heavy (non-hydrogen) atoms. The molecule has 1 heterocycles. The average molecular weight is 403 g/mol. The van der Waals surface area contributed by atoms with E-state index in [4.69, 9.17) is 4.98 Å². The molecule has 0 radical (unpaired) electrons. The highest BCUT2D eigenvalue weighted by atomic mass is 16.2. The molecule has 0 fully saturated rings. The lowest BCUT2D eigenvalue weighted by atomic mass is 10.1. The molecule has 0 spiro atoms. The average Bonchev–Trinajstić information content (AvgIpc) is 2.83. The number of aromatic nitrogens is 2. The van der Waals surface area contributed by atoms with E-state index in [9.17, 15) is 4.79 Å². The van der Waals surface area contributed by atoms with Gasteiger partial charge in [-0.2, -0.15) is 0 Å². The monoisotopic (exact) mass is 403 g/mol. The molecule has 5 aromatic rings. The van der Waals surface area contributed by atoms with Gasteiger partial charge in [0.05, 0.1) is 22.1 Å². The summed E-state index contributed by atoms with van der Waals surface area (Å²) in [6.07, 6.45) is 0. The van der Waals surface area contributed by atoms with Gasteiger partial charge in [-0.15, -0.1) is 0 Å². The van der Waals surface area contributed by atoms with E-state index in [-0.39, 0.29) is 5.91 Å². The van der Waals surface area contributed by atoms with Gasteiger partial charge in [0.2, 0.25) is 0 Å². The highest BCUT2D eigenvalue weighted by Crippen LogP contribution is 2.20. The van der Waals surface area contributed by atoms with Crippen molar-refractivity contribution in [1.82, 2.24) is 14.9 Å². The first-order chi connectivity index (χ1) is 15.3. The maximum Gasteiger partial charge on any atom is 0.254 e. The van der Waals surface area contributed by atoms with Crippen LogP contribution in [0.1, 0.15) is 21.5 Å². The van der Waals surface area contributed by atoms with Crippen LogP contribution in [0, 0.1) is 0 Å². The molecule has 0 N–H and O–H groups in total. The van der Waals surface area contributed by atoms with Crippen molar-refractivity contribution < 1.29 is 4.79 Å². The maximum absolute atomic E-state index is 13.5. The number of hydrogen-bond acceptors (Lipinski definition) is 3. The second-order valence-corrected chi connectivity index (χ2v) is 7.55. The van der Waals surface area contributed by atoms with Crippen LogP contribution >= 0.6 is 0 Å². The van der Waals surface area contributed by atoms with Gasteiger partial charge in [-0.3, -0.25) is 4.79 Å². The summed E-state index contributed by atoms with van der Waals surface area (Å²) in [5, 5.41) is 0. The van der Waals surface area contributed by atoms with Gasteiger partial charge in [-0.25, -0.2) is 9.97 Å². The molecule has 1 amide bonds. The molecule has 4 nitrogen and oxygen atoms in total. The summed E-state index contributed by atoms with van der Waals surface area (Å²) >= 11 is 0. The highest BCUT2D eigenvalue weighted by Gasteiger charge is 2.18. The third-order valence-electron chi connectivity index (χ3n) is 5.31. The van der Waals surface area contributed by atoms with Gasteiger partial charge in [-0.05, 0) is 41.5 Å². The second-order valence-electron chi connectivity index (χ2n) is 7.55. The largest absolute Gasteiger partial charge is 0.330 e. The molecule has 0 bridgehead atoms. The number of rotatable bonds is 5. The van der Waals surface area contributed by atoms with Gasteiger partial charge < -0.3 is 4.90 Å². The van der Waals surface area contributed by atoms with Crippen molar-refractivity contribution in [3.63, 3.8) is 0 Å². The smallest absolute Gasteiger partial charge is 0.254 e. The molecule has 4 heteroatoms. The Hall–Kier alpha value is -4.05. The van der Waals surface area contributed by atoms with E-state index in [0.29, 0.717) is 18.7 Å². The Kier molecular flexibility index (Phi) is 5.11. The number of carbonyl (C=O) groups excluding carboxylic acids is 1. The molecule has 0 saturated heterocycles. The maximum atomic E-state index is 13.5. The van der Waals surface area contributed by atoms with Gasteiger partial charge in [0.25, 0.3) is 5.91 Å². The zero-order valence-electron chi connectivity index (χ0n) is 17.0. The van der Waals surface area contributed by atoms with Crippen molar-refractivity contribution in [1.29, 1.82) is 0 Å². The number of carbonyl (C=O) groups is 1. The highest BCUT2D eigenvalue weighted by molar-refractivity contribution is 5.98. The fourth-order valence-corrected chi connectivity index (χ4v) is 3.74. The minimum absolute atomic E-state index is 0.0236. The minimum atomic E-state index is -0.0236. The Morgan fingerprint density at radius 1 is 0.581 bits per heavy atom. The van der Waals surface area contributed by atoms with Crippen LogP contribution in [0.4, 0.5) is 0 Å². The molecule has 0 aliphatic rings. The van der Waals surface area contributed by atoms with Crippen molar-refractivity contribution in [3.05, 3.63) is 120 Å². The van der Waals surface area contributed by atoms with E-state index in [1.807, 2.05) is 108 Å². The normalized spacial score (nSPS) is 11.0. The van der Waals surface area contributed by atoms with Crippen LogP contribution in [-0.4, -0.2) is 20.8 Å². The van der Waals surface area contributed by atoms with E-state index in [2.05, 4.69) is 4.98 Å². The van der Waals surface area contributed by atoms with Crippen LogP contribution in [0.15, 0.2) is 103 Å². The molecule has 1 aromatic heterocycles. The van der Waals surface area contributed by atoms with Gasteiger partial charge in [0.1, 0.15) is 0 Å². The van der Waals surface area contributed by atoms with Gasteiger partial charge >= 0.3 is 0 Å². The van der Waals surface area contributed by atoms with Crippen LogP contribution in [0.5, 0.6) is 0 Å². The Balaban J connectivity index is 1.51. The predicted molar refractivity (Wildman–Crippen MR) is 124 cm³/mol. The van der Waals surface area contributed by atoms with Crippen LogP contribution in [0.2, 0.25) is 0 Å². The first-order valence-electron chi connectivity index (χ1n) is 10.3. The van der Waals surface area contributed by atoms with Crippen LogP contribution in [0.3, 0.4) is 0 Å². The SMILES string of the molecule is O=C(c1ccc2nc3ccccc3nc2c1)N(Cc1ccccc1)Cc1ccccc1. The van der Waals surface area contributed by atoms with Crippen molar-refractivity contribution in [2.45, 2.75) is 13.1 Å². The van der Waals surface area contributed by atoms with E-state index < -0.39 is 0 Å². The Morgan fingerprint density at radius 2 is 1.06 bits per heavy atom. The van der Waals surface area contributed by atoms with Gasteiger partial charge in [0.15, 0.2) is 0 Å². The fraction of sp³-hybridized carbons (Fsp3) is 0.0741. The molecular weight excluding hydrogens is 382 g/mol. The predicted octanol–water partition coefficient (Wildman–Crippen LogP) is 5.63. The lowest BCUT2D eigenvalue weighted by Gasteiger charge is -2.23. The number of para-hydroxylation sites is 2. The molecular formula is C27H21N3O. The van der Waals surface area contributed by atoms with Crippen molar-refractivity contribution >= 4 is 28.0 Å². The number of amides is 1. The molecule has 0 aliphatic carbocycles. The zero-order valence-corrected chi connectivity index (χ0v) is 17.0. The quantitative estimate of drug-likeness (QED) is 0.358. The first-order valence-corrected chi connectivity index (χ1v) is 10.3.